The molecule has 0 radical (unpaired) electrons. The minimum Gasteiger partial charge on any atom is -0.316 e. The van der Waals surface area contributed by atoms with E-state index in [1.54, 1.807) is 17.3 Å². The van der Waals surface area contributed by atoms with E-state index in [-0.39, 0.29) is 11.3 Å². The van der Waals surface area contributed by atoms with Gasteiger partial charge in [-0.15, -0.1) is 0 Å². The first-order valence-electron chi connectivity index (χ1n) is 6.58. The van der Waals surface area contributed by atoms with Crippen molar-refractivity contribution in [1.29, 1.82) is 0 Å². The van der Waals surface area contributed by atoms with Gasteiger partial charge in [-0.1, -0.05) is 6.92 Å². The van der Waals surface area contributed by atoms with Crippen LogP contribution < -0.4 is 10.2 Å². The first kappa shape index (κ1) is 13.0. The highest BCUT2D eigenvalue weighted by atomic mass is 16.2. The minimum atomic E-state index is -0.240. The number of carbonyl (C=O) groups excluding carboxylic acids is 1. The van der Waals surface area contributed by atoms with Gasteiger partial charge in [-0.25, -0.2) is 0 Å². The Morgan fingerprint density at radius 3 is 2.78 bits per heavy atom. The fourth-order valence-corrected chi connectivity index (χ4v) is 2.64. The van der Waals surface area contributed by atoms with E-state index in [0.29, 0.717) is 0 Å². The summed E-state index contributed by atoms with van der Waals surface area (Å²) in [6.07, 6.45) is 6.37. The molecule has 1 aromatic rings. The van der Waals surface area contributed by atoms with E-state index < -0.39 is 0 Å². The Labute approximate surface area is 108 Å². The highest BCUT2D eigenvalue weighted by Gasteiger charge is 2.39. The number of anilines is 1. The van der Waals surface area contributed by atoms with Gasteiger partial charge >= 0.3 is 0 Å². The predicted molar refractivity (Wildman–Crippen MR) is 72.5 cm³/mol. The molecular formula is C14H21N3O. The van der Waals surface area contributed by atoms with Crippen molar-refractivity contribution in [3.8, 4) is 0 Å². The maximum absolute atomic E-state index is 12.7. The topological polar surface area (TPSA) is 45.2 Å². The lowest BCUT2D eigenvalue weighted by Crippen LogP contribution is -2.50. The number of amides is 1. The molecule has 0 bridgehead atoms. The Balaban J connectivity index is 2.19. The average molecular weight is 247 g/mol. The fraction of sp³-hybridized carbons (Fsp3) is 0.571. The third kappa shape index (κ3) is 2.38. The summed E-state index contributed by atoms with van der Waals surface area (Å²) in [6, 6.07) is 3.75. The summed E-state index contributed by atoms with van der Waals surface area (Å²) in [5.41, 5.74) is 0.671. The van der Waals surface area contributed by atoms with Gasteiger partial charge < -0.3 is 10.2 Å². The van der Waals surface area contributed by atoms with Crippen molar-refractivity contribution in [3.63, 3.8) is 0 Å². The molecule has 0 aromatic carbocycles. The van der Waals surface area contributed by atoms with Crippen LogP contribution in [0.2, 0.25) is 0 Å². The maximum Gasteiger partial charge on any atom is 0.234 e. The average Bonchev–Trinajstić information content (AvgIpc) is 2.47. The van der Waals surface area contributed by atoms with Gasteiger partial charge in [0.15, 0.2) is 0 Å². The summed E-state index contributed by atoms with van der Waals surface area (Å²) in [4.78, 5) is 18.5. The van der Waals surface area contributed by atoms with Crippen LogP contribution >= 0.6 is 0 Å². The van der Waals surface area contributed by atoms with E-state index in [9.17, 15) is 4.79 Å². The van der Waals surface area contributed by atoms with E-state index in [2.05, 4.69) is 17.2 Å². The zero-order chi connectivity index (χ0) is 13.0. The molecule has 18 heavy (non-hydrogen) atoms. The van der Waals surface area contributed by atoms with Gasteiger partial charge in [0.1, 0.15) is 0 Å². The van der Waals surface area contributed by atoms with Crippen molar-refractivity contribution in [2.75, 3.05) is 25.0 Å². The summed E-state index contributed by atoms with van der Waals surface area (Å²) in [5.74, 6) is 0.211. The van der Waals surface area contributed by atoms with E-state index in [0.717, 1.165) is 38.0 Å². The van der Waals surface area contributed by atoms with Crippen molar-refractivity contribution < 1.29 is 4.79 Å². The standard InChI is InChI=1S/C14H21N3O/c1-3-14(7-4-8-16-11-14)13(18)17(2)12-5-9-15-10-6-12/h5-6,9-10,16H,3-4,7-8,11H2,1-2H3. The molecule has 0 spiro atoms. The first-order chi connectivity index (χ1) is 8.69. The number of rotatable bonds is 3. The van der Waals surface area contributed by atoms with Crippen LogP contribution in [-0.4, -0.2) is 31.0 Å². The summed E-state index contributed by atoms with van der Waals surface area (Å²) in [5, 5.41) is 3.35. The number of nitrogens with one attached hydrogen (secondary N) is 1. The molecule has 1 fully saturated rings. The molecule has 1 aliphatic rings. The van der Waals surface area contributed by atoms with Gasteiger partial charge in [-0.2, -0.15) is 0 Å². The number of aromatic nitrogens is 1. The second-order valence-electron chi connectivity index (χ2n) is 4.98. The lowest BCUT2D eigenvalue weighted by atomic mass is 9.77. The van der Waals surface area contributed by atoms with Crippen molar-refractivity contribution in [2.45, 2.75) is 26.2 Å². The molecular weight excluding hydrogens is 226 g/mol. The summed E-state index contributed by atoms with van der Waals surface area (Å²) in [7, 11) is 1.85. The predicted octanol–water partition coefficient (Wildman–Crippen LogP) is 1.82. The minimum absolute atomic E-state index is 0.211. The van der Waals surface area contributed by atoms with Gasteiger partial charge in [0.25, 0.3) is 0 Å². The third-order valence-electron chi connectivity index (χ3n) is 3.96. The first-order valence-corrected chi connectivity index (χ1v) is 6.58. The normalized spacial score (nSPS) is 23.7. The molecule has 0 saturated carbocycles. The molecule has 1 unspecified atom stereocenters. The monoisotopic (exact) mass is 247 g/mol. The number of nitrogens with zero attached hydrogens (tertiary/aromatic N) is 2. The highest BCUT2D eigenvalue weighted by molar-refractivity contribution is 5.97. The van der Waals surface area contributed by atoms with Crippen LogP contribution in [0.1, 0.15) is 26.2 Å². The van der Waals surface area contributed by atoms with Crippen molar-refractivity contribution in [2.24, 2.45) is 5.41 Å². The molecule has 1 atom stereocenters. The molecule has 0 aliphatic carbocycles. The number of hydrogen-bond acceptors (Lipinski definition) is 3. The van der Waals surface area contributed by atoms with Gasteiger partial charge in [0.2, 0.25) is 5.91 Å². The van der Waals surface area contributed by atoms with Gasteiger partial charge in [-0.3, -0.25) is 9.78 Å². The number of piperidine rings is 1. The van der Waals surface area contributed by atoms with Crippen molar-refractivity contribution in [3.05, 3.63) is 24.5 Å². The summed E-state index contributed by atoms with van der Waals surface area (Å²) < 4.78 is 0. The number of carbonyl (C=O) groups is 1. The van der Waals surface area contributed by atoms with Gasteiger partial charge in [-0.05, 0) is 37.9 Å². The van der Waals surface area contributed by atoms with E-state index in [4.69, 9.17) is 0 Å². The molecule has 4 nitrogen and oxygen atoms in total. The van der Waals surface area contributed by atoms with Crippen LogP contribution in [0.15, 0.2) is 24.5 Å². The molecule has 1 N–H and O–H groups in total. The second-order valence-corrected chi connectivity index (χ2v) is 4.98. The van der Waals surface area contributed by atoms with Gasteiger partial charge in [0, 0.05) is 31.7 Å². The fourth-order valence-electron chi connectivity index (χ4n) is 2.64. The molecule has 1 aliphatic heterocycles. The van der Waals surface area contributed by atoms with Crippen LogP contribution in [0, 0.1) is 5.41 Å². The molecule has 1 amide bonds. The number of pyridine rings is 1. The van der Waals surface area contributed by atoms with E-state index >= 15 is 0 Å². The van der Waals surface area contributed by atoms with Crippen LogP contribution in [0.4, 0.5) is 5.69 Å². The molecule has 2 heterocycles. The third-order valence-corrected chi connectivity index (χ3v) is 3.96. The molecule has 1 saturated heterocycles. The Hall–Kier alpha value is -1.42. The van der Waals surface area contributed by atoms with Crippen LogP contribution in [0.25, 0.3) is 0 Å². The number of hydrogen-bond donors (Lipinski definition) is 1. The van der Waals surface area contributed by atoms with E-state index in [1.165, 1.54) is 0 Å². The largest absolute Gasteiger partial charge is 0.316 e. The Morgan fingerprint density at radius 1 is 1.50 bits per heavy atom. The molecule has 4 heteroatoms. The lowest BCUT2D eigenvalue weighted by molar-refractivity contribution is -0.129. The quantitative estimate of drug-likeness (QED) is 0.886. The molecule has 98 valence electrons. The van der Waals surface area contributed by atoms with Crippen molar-refractivity contribution in [1.82, 2.24) is 10.3 Å². The summed E-state index contributed by atoms with van der Waals surface area (Å²) >= 11 is 0. The lowest BCUT2D eigenvalue weighted by Gasteiger charge is -2.38. The van der Waals surface area contributed by atoms with Crippen molar-refractivity contribution >= 4 is 11.6 Å². The second kappa shape index (κ2) is 5.48. The maximum atomic E-state index is 12.7. The summed E-state index contributed by atoms with van der Waals surface area (Å²) in [6.45, 7) is 3.91. The van der Waals surface area contributed by atoms with Crippen LogP contribution in [-0.2, 0) is 4.79 Å². The molecule has 1 aromatic heterocycles. The Kier molecular flexibility index (Phi) is 3.97. The van der Waals surface area contributed by atoms with Gasteiger partial charge in [0.05, 0.1) is 5.41 Å². The zero-order valence-electron chi connectivity index (χ0n) is 11.1. The molecule has 2 rings (SSSR count). The zero-order valence-corrected chi connectivity index (χ0v) is 11.1. The van der Waals surface area contributed by atoms with E-state index in [1.807, 2.05) is 19.2 Å². The Morgan fingerprint density at radius 2 is 2.22 bits per heavy atom. The SMILES string of the molecule is CCC1(C(=O)N(C)c2ccncc2)CCCNC1. The Bertz CT molecular complexity index is 399. The van der Waals surface area contributed by atoms with Crippen LogP contribution in [0.5, 0.6) is 0 Å². The highest BCUT2D eigenvalue weighted by Crippen LogP contribution is 2.33. The smallest absolute Gasteiger partial charge is 0.234 e. The van der Waals surface area contributed by atoms with Crippen LogP contribution in [0.3, 0.4) is 0 Å².